The number of fused-ring (bicyclic) bond motifs is 9. The van der Waals surface area contributed by atoms with Crippen LogP contribution in [-0.4, -0.2) is 24.1 Å². The summed E-state index contributed by atoms with van der Waals surface area (Å²) in [6, 6.07) is 61.9. The lowest BCUT2D eigenvalue weighted by Gasteiger charge is -2.18. The van der Waals surface area contributed by atoms with Gasteiger partial charge in [0, 0.05) is 43.4 Å². The Balaban J connectivity index is 1.24. The second-order valence-electron chi connectivity index (χ2n) is 14.6. The molecule has 0 spiro atoms. The maximum atomic E-state index is 8.69. The Bertz CT molecular complexity index is 3520. The monoisotopic (exact) mass is 754 g/mol. The third-order valence-corrected chi connectivity index (χ3v) is 11.4. The molecule has 0 fully saturated rings. The molecule has 0 saturated heterocycles. The molecule has 0 bridgehead atoms. The second kappa shape index (κ2) is 12.8. The molecule has 0 unspecified atom stereocenters. The highest BCUT2D eigenvalue weighted by molar-refractivity contribution is 6.20. The van der Waals surface area contributed by atoms with Crippen molar-refractivity contribution in [2.24, 2.45) is 0 Å². The number of hydrogen-bond acceptors (Lipinski definition) is 4. The molecule has 274 valence electrons. The van der Waals surface area contributed by atoms with Gasteiger partial charge in [-0.1, -0.05) is 146 Å². The Labute approximate surface area is 337 Å². The molecule has 0 radical (unpaired) electrons. The highest BCUT2D eigenvalue weighted by Crippen LogP contribution is 2.48. The molecule has 0 aliphatic heterocycles. The quantitative estimate of drug-likeness (QED) is 0.164. The standard InChI is InChI=1S/C52H30N6O/c1-53-40-31-45(57-41-27-12-8-21-34(41)35-22-9-13-28-42(35)57)47(58-43-29-14-10-23-36(43)37-24-11-15-30-44(37)58)49-46(40)38-25-16-26-39(48(38)59-49)52-55-50(32-17-4-2-5-18-32)54-51(56-52)33-19-6-3-7-20-33/h2-31H. The van der Waals surface area contributed by atoms with E-state index in [1.54, 1.807) is 0 Å². The third-order valence-electron chi connectivity index (χ3n) is 11.4. The van der Waals surface area contributed by atoms with Crippen LogP contribution in [0.15, 0.2) is 186 Å². The molecule has 7 heteroatoms. The molecule has 0 aliphatic rings. The van der Waals surface area contributed by atoms with E-state index in [-0.39, 0.29) is 0 Å². The van der Waals surface area contributed by atoms with Crippen molar-refractivity contribution in [3.05, 3.63) is 193 Å². The van der Waals surface area contributed by atoms with Gasteiger partial charge in [-0.3, -0.25) is 0 Å². The van der Waals surface area contributed by atoms with Gasteiger partial charge in [-0.05, 0) is 36.4 Å². The summed E-state index contributed by atoms with van der Waals surface area (Å²) in [7, 11) is 0. The van der Waals surface area contributed by atoms with Crippen molar-refractivity contribution in [1.82, 2.24) is 24.1 Å². The van der Waals surface area contributed by atoms with Gasteiger partial charge in [-0.2, -0.15) is 0 Å². The summed E-state index contributed by atoms with van der Waals surface area (Å²) in [5.74, 6) is 1.60. The molecular formula is C52H30N6O. The Kier molecular flexibility index (Phi) is 7.16. The molecule has 8 aromatic carbocycles. The van der Waals surface area contributed by atoms with Crippen LogP contribution in [0.2, 0.25) is 0 Å². The van der Waals surface area contributed by atoms with E-state index in [2.05, 4.69) is 111 Å². The van der Waals surface area contributed by atoms with Crippen LogP contribution in [-0.2, 0) is 0 Å². The van der Waals surface area contributed by atoms with Crippen LogP contribution in [0.25, 0.3) is 116 Å². The molecule has 7 nitrogen and oxygen atoms in total. The normalized spacial score (nSPS) is 11.7. The Morgan fingerprint density at radius 1 is 0.424 bits per heavy atom. The van der Waals surface area contributed by atoms with Crippen molar-refractivity contribution >= 4 is 71.2 Å². The van der Waals surface area contributed by atoms with E-state index < -0.39 is 0 Å². The molecule has 12 aromatic rings. The molecule has 0 saturated carbocycles. The van der Waals surface area contributed by atoms with E-state index in [1.807, 2.05) is 84.9 Å². The van der Waals surface area contributed by atoms with E-state index in [0.717, 1.165) is 76.9 Å². The lowest BCUT2D eigenvalue weighted by atomic mass is 10.0. The molecule has 0 N–H and O–H groups in total. The van der Waals surface area contributed by atoms with Crippen molar-refractivity contribution in [3.8, 4) is 45.5 Å². The Morgan fingerprint density at radius 2 is 0.864 bits per heavy atom. The largest absolute Gasteiger partial charge is 0.454 e. The van der Waals surface area contributed by atoms with Crippen molar-refractivity contribution in [2.75, 3.05) is 0 Å². The van der Waals surface area contributed by atoms with Gasteiger partial charge in [0.1, 0.15) is 11.3 Å². The molecule has 4 heterocycles. The van der Waals surface area contributed by atoms with Gasteiger partial charge in [0.25, 0.3) is 0 Å². The van der Waals surface area contributed by atoms with Crippen molar-refractivity contribution in [2.45, 2.75) is 0 Å². The maximum Gasteiger partial charge on any atom is 0.200 e. The molecule has 12 rings (SSSR count). The first-order valence-electron chi connectivity index (χ1n) is 19.5. The summed E-state index contributed by atoms with van der Waals surface area (Å²) in [6.07, 6.45) is 0. The van der Waals surface area contributed by atoms with Gasteiger partial charge in [-0.25, -0.2) is 19.8 Å². The lowest BCUT2D eigenvalue weighted by Crippen LogP contribution is -2.04. The Morgan fingerprint density at radius 3 is 1.37 bits per heavy atom. The van der Waals surface area contributed by atoms with Crippen LogP contribution in [0.5, 0.6) is 0 Å². The van der Waals surface area contributed by atoms with Gasteiger partial charge in [0.05, 0.1) is 39.9 Å². The number of benzene rings is 8. The van der Waals surface area contributed by atoms with E-state index >= 15 is 0 Å². The van der Waals surface area contributed by atoms with Crippen molar-refractivity contribution in [3.63, 3.8) is 0 Å². The zero-order valence-corrected chi connectivity index (χ0v) is 31.4. The predicted octanol–water partition coefficient (Wildman–Crippen LogP) is 13.5. The van der Waals surface area contributed by atoms with Crippen molar-refractivity contribution in [1.29, 1.82) is 0 Å². The average molecular weight is 755 g/mol. The number of nitrogens with zero attached hydrogens (tertiary/aromatic N) is 6. The minimum atomic E-state index is 0.479. The summed E-state index contributed by atoms with van der Waals surface area (Å²) in [5, 5.41) is 6.06. The van der Waals surface area contributed by atoms with Gasteiger partial charge in [-0.15, -0.1) is 0 Å². The molecule has 4 aromatic heterocycles. The topological polar surface area (TPSA) is 66.0 Å². The zero-order valence-electron chi connectivity index (χ0n) is 31.4. The van der Waals surface area contributed by atoms with Crippen LogP contribution >= 0.6 is 0 Å². The number of aromatic nitrogens is 5. The summed E-state index contributed by atoms with van der Waals surface area (Å²) >= 11 is 0. The van der Waals surface area contributed by atoms with Crippen LogP contribution in [0.1, 0.15) is 0 Å². The maximum absolute atomic E-state index is 8.69. The smallest absolute Gasteiger partial charge is 0.200 e. The minimum absolute atomic E-state index is 0.479. The summed E-state index contributed by atoms with van der Waals surface area (Å²) < 4.78 is 11.9. The minimum Gasteiger partial charge on any atom is -0.454 e. The summed E-state index contributed by atoms with van der Waals surface area (Å²) in [6.45, 7) is 8.69. The highest BCUT2D eigenvalue weighted by Gasteiger charge is 2.27. The SMILES string of the molecule is [C-]#[N+]c1cc(-n2c3ccccc3c3ccccc32)c(-n2c3ccccc3c3ccccc32)c2oc3c(-c4nc(-c5ccccc5)nc(-c5ccccc5)n4)cccc3c12. The highest BCUT2D eigenvalue weighted by atomic mass is 16.3. The average Bonchev–Trinajstić information content (AvgIpc) is 3.97. The number of para-hydroxylation sites is 5. The molecule has 0 aliphatic carbocycles. The molecule has 59 heavy (non-hydrogen) atoms. The predicted molar refractivity (Wildman–Crippen MR) is 238 cm³/mol. The Hall–Kier alpha value is -8.34. The fraction of sp³-hybridized carbons (Fsp3) is 0. The fourth-order valence-corrected chi connectivity index (χ4v) is 8.85. The van der Waals surface area contributed by atoms with E-state index in [4.69, 9.17) is 25.9 Å². The first-order valence-corrected chi connectivity index (χ1v) is 19.5. The zero-order chi connectivity index (χ0) is 39.0. The second-order valence-corrected chi connectivity index (χ2v) is 14.6. The number of rotatable bonds is 5. The first kappa shape index (κ1) is 32.9. The van der Waals surface area contributed by atoms with Crippen LogP contribution in [0, 0.1) is 6.57 Å². The van der Waals surface area contributed by atoms with Crippen LogP contribution in [0.3, 0.4) is 0 Å². The van der Waals surface area contributed by atoms with Crippen LogP contribution < -0.4 is 0 Å². The van der Waals surface area contributed by atoms with Crippen molar-refractivity contribution < 1.29 is 4.42 Å². The summed E-state index contributed by atoms with van der Waals surface area (Å²) in [5.41, 5.74) is 9.97. The van der Waals surface area contributed by atoms with E-state index in [1.165, 1.54) is 0 Å². The molecular weight excluding hydrogens is 725 g/mol. The number of furan rings is 1. The lowest BCUT2D eigenvalue weighted by molar-refractivity contribution is 0.666. The van der Waals surface area contributed by atoms with Gasteiger partial charge in [0.15, 0.2) is 23.1 Å². The first-order chi connectivity index (χ1) is 29.2. The van der Waals surface area contributed by atoms with Gasteiger partial charge >= 0.3 is 0 Å². The molecule has 0 amide bonds. The number of hydrogen-bond donors (Lipinski definition) is 0. The van der Waals surface area contributed by atoms with E-state index in [9.17, 15) is 0 Å². The summed E-state index contributed by atoms with van der Waals surface area (Å²) in [4.78, 5) is 19.4. The fourth-order valence-electron chi connectivity index (χ4n) is 8.85. The van der Waals surface area contributed by atoms with Crippen LogP contribution in [0.4, 0.5) is 5.69 Å². The molecule has 0 atom stereocenters. The van der Waals surface area contributed by atoms with Gasteiger partial charge in [0.2, 0.25) is 5.69 Å². The van der Waals surface area contributed by atoms with E-state index in [0.29, 0.717) is 39.9 Å². The van der Waals surface area contributed by atoms with Gasteiger partial charge < -0.3 is 13.6 Å². The third kappa shape index (κ3) is 4.90.